The van der Waals surface area contributed by atoms with Crippen LogP contribution in [0.15, 0.2) is 77.9 Å². The monoisotopic (exact) mass is 450 g/mol. The molecule has 5 rings (SSSR count). The zero-order valence-electron chi connectivity index (χ0n) is 19.7. The topological polar surface area (TPSA) is 61.9 Å². The van der Waals surface area contributed by atoms with Gasteiger partial charge in [0.15, 0.2) is 0 Å². The van der Waals surface area contributed by atoms with E-state index >= 15 is 0 Å². The quantitative estimate of drug-likeness (QED) is 0.369. The van der Waals surface area contributed by atoms with E-state index in [0.717, 1.165) is 50.0 Å². The minimum atomic E-state index is -0.0537. The van der Waals surface area contributed by atoms with Gasteiger partial charge >= 0.3 is 0 Å². The highest BCUT2D eigenvalue weighted by molar-refractivity contribution is 5.83. The van der Waals surface area contributed by atoms with Crippen molar-refractivity contribution in [3.8, 4) is 28.3 Å². The smallest absolute Gasteiger partial charge is 0.250 e. The van der Waals surface area contributed by atoms with Crippen LogP contribution in [0, 0.1) is 13.8 Å². The second kappa shape index (κ2) is 8.63. The SMILES string of the molecule is Cc1cc(-c2nc3ccccc3cc2C)ccc1COc1nn(C)cc1-c1ccc(=O)n(C)c1. The average Bonchev–Trinajstić information content (AvgIpc) is 3.20. The van der Waals surface area contributed by atoms with Crippen LogP contribution in [0.1, 0.15) is 16.7 Å². The number of hydrogen-bond donors (Lipinski definition) is 0. The fourth-order valence-corrected chi connectivity index (χ4v) is 4.19. The molecule has 0 fully saturated rings. The van der Waals surface area contributed by atoms with Gasteiger partial charge in [-0.25, -0.2) is 4.98 Å². The Bertz CT molecular complexity index is 1580. The van der Waals surface area contributed by atoms with Crippen LogP contribution in [0.25, 0.3) is 33.3 Å². The number of benzene rings is 2. The molecule has 0 atom stereocenters. The first-order valence-electron chi connectivity index (χ1n) is 11.2. The molecule has 0 saturated carbocycles. The predicted molar refractivity (Wildman–Crippen MR) is 135 cm³/mol. The second-order valence-electron chi connectivity index (χ2n) is 8.67. The fraction of sp³-hybridized carbons (Fsp3) is 0.179. The summed E-state index contributed by atoms with van der Waals surface area (Å²) in [6, 6.07) is 20.1. The lowest BCUT2D eigenvalue weighted by Gasteiger charge is -2.12. The lowest BCUT2D eigenvalue weighted by molar-refractivity contribution is 0.291. The largest absolute Gasteiger partial charge is 0.471 e. The van der Waals surface area contributed by atoms with Gasteiger partial charge in [-0.15, -0.1) is 5.10 Å². The molecule has 0 N–H and O–H groups in total. The number of aryl methyl sites for hydroxylation is 4. The maximum Gasteiger partial charge on any atom is 0.250 e. The Hall–Kier alpha value is -4.19. The Morgan fingerprint density at radius 3 is 2.47 bits per heavy atom. The van der Waals surface area contributed by atoms with Crippen molar-refractivity contribution in [3.63, 3.8) is 0 Å². The molecular weight excluding hydrogens is 424 g/mol. The van der Waals surface area contributed by atoms with Crippen LogP contribution in [0.4, 0.5) is 0 Å². The molecule has 0 unspecified atom stereocenters. The Morgan fingerprint density at radius 1 is 0.882 bits per heavy atom. The van der Waals surface area contributed by atoms with E-state index in [1.807, 2.05) is 31.4 Å². The summed E-state index contributed by atoms with van der Waals surface area (Å²) in [7, 11) is 3.59. The first-order chi connectivity index (χ1) is 16.4. The molecule has 0 aliphatic carbocycles. The van der Waals surface area contributed by atoms with Gasteiger partial charge in [-0.1, -0.05) is 30.3 Å². The lowest BCUT2D eigenvalue weighted by atomic mass is 10.00. The number of para-hydroxylation sites is 1. The zero-order valence-corrected chi connectivity index (χ0v) is 19.7. The number of pyridine rings is 2. The van der Waals surface area contributed by atoms with Crippen LogP contribution in [-0.2, 0) is 20.7 Å². The minimum Gasteiger partial charge on any atom is -0.471 e. The predicted octanol–water partition coefficient (Wildman–Crippen LogP) is 5.20. The van der Waals surface area contributed by atoms with Crippen molar-refractivity contribution in [3.05, 3.63) is 100 Å². The van der Waals surface area contributed by atoms with Gasteiger partial charge in [0, 0.05) is 49.1 Å². The molecular formula is C28H26N4O2. The summed E-state index contributed by atoms with van der Waals surface area (Å²) in [5.74, 6) is 0.539. The van der Waals surface area contributed by atoms with E-state index in [-0.39, 0.29) is 5.56 Å². The standard InChI is InChI=1S/C28H26N4O2/c1-18-13-21(27-19(2)14-20-7-5-6-8-25(20)29-27)9-10-23(18)17-34-28-24(16-32(4)30-28)22-11-12-26(33)31(3)15-22/h5-16H,17H2,1-4H3. The highest BCUT2D eigenvalue weighted by atomic mass is 16.5. The molecule has 6 heteroatoms. The molecule has 0 bridgehead atoms. The molecule has 34 heavy (non-hydrogen) atoms. The normalized spacial score (nSPS) is 11.2. The maximum atomic E-state index is 11.8. The summed E-state index contributed by atoms with van der Waals surface area (Å²) in [6.07, 6.45) is 3.70. The van der Waals surface area contributed by atoms with Crippen molar-refractivity contribution in [1.29, 1.82) is 0 Å². The van der Waals surface area contributed by atoms with Gasteiger partial charge in [0.25, 0.3) is 0 Å². The number of aromatic nitrogens is 4. The van der Waals surface area contributed by atoms with Crippen LogP contribution >= 0.6 is 0 Å². The highest BCUT2D eigenvalue weighted by Crippen LogP contribution is 2.30. The van der Waals surface area contributed by atoms with Gasteiger partial charge in [0.1, 0.15) is 6.61 Å². The van der Waals surface area contributed by atoms with Crippen LogP contribution in [-0.4, -0.2) is 19.3 Å². The molecule has 0 amide bonds. The van der Waals surface area contributed by atoms with E-state index in [2.05, 4.69) is 49.3 Å². The molecule has 3 aromatic heterocycles. The van der Waals surface area contributed by atoms with Crippen LogP contribution in [0.3, 0.4) is 0 Å². The van der Waals surface area contributed by atoms with Crippen molar-refractivity contribution < 1.29 is 4.74 Å². The third kappa shape index (κ3) is 4.10. The summed E-state index contributed by atoms with van der Waals surface area (Å²) in [6.45, 7) is 4.58. The Labute approximate surface area is 198 Å². The number of rotatable bonds is 5. The van der Waals surface area contributed by atoms with Crippen molar-refractivity contribution in [2.75, 3.05) is 0 Å². The van der Waals surface area contributed by atoms with Gasteiger partial charge in [-0.3, -0.25) is 9.48 Å². The second-order valence-corrected chi connectivity index (χ2v) is 8.67. The zero-order chi connectivity index (χ0) is 23.8. The summed E-state index contributed by atoms with van der Waals surface area (Å²) in [5.41, 5.74) is 8.13. The van der Waals surface area contributed by atoms with Gasteiger partial charge in [-0.05, 0) is 54.8 Å². The fourth-order valence-electron chi connectivity index (χ4n) is 4.19. The minimum absolute atomic E-state index is 0.0537. The van der Waals surface area contributed by atoms with E-state index in [9.17, 15) is 4.79 Å². The molecule has 170 valence electrons. The number of hydrogen-bond acceptors (Lipinski definition) is 4. The summed E-state index contributed by atoms with van der Waals surface area (Å²) < 4.78 is 9.42. The van der Waals surface area contributed by atoms with Gasteiger partial charge in [-0.2, -0.15) is 0 Å². The van der Waals surface area contributed by atoms with Gasteiger partial charge < -0.3 is 9.30 Å². The molecule has 2 aromatic carbocycles. The van der Waals surface area contributed by atoms with Crippen molar-refractivity contribution in [1.82, 2.24) is 19.3 Å². The lowest BCUT2D eigenvalue weighted by Crippen LogP contribution is -2.13. The van der Waals surface area contributed by atoms with Crippen LogP contribution in [0.2, 0.25) is 0 Å². The Kier molecular flexibility index (Phi) is 5.49. The molecule has 0 aliphatic heterocycles. The third-order valence-corrected chi connectivity index (χ3v) is 6.09. The van der Waals surface area contributed by atoms with Gasteiger partial charge in [0.05, 0.1) is 16.8 Å². The van der Waals surface area contributed by atoms with Crippen LogP contribution in [0.5, 0.6) is 5.88 Å². The number of nitrogens with zero attached hydrogens (tertiary/aromatic N) is 4. The van der Waals surface area contributed by atoms with E-state index in [0.29, 0.717) is 12.5 Å². The molecule has 0 spiro atoms. The van der Waals surface area contributed by atoms with Crippen molar-refractivity contribution >= 4 is 10.9 Å². The van der Waals surface area contributed by atoms with E-state index in [1.165, 1.54) is 0 Å². The summed E-state index contributed by atoms with van der Waals surface area (Å²) >= 11 is 0. The van der Waals surface area contributed by atoms with E-state index in [1.54, 1.807) is 34.6 Å². The summed E-state index contributed by atoms with van der Waals surface area (Å²) in [4.78, 5) is 16.7. The Morgan fingerprint density at radius 2 is 1.68 bits per heavy atom. The molecule has 0 aliphatic rings. The van der Waals surface area contributed by atoms with Crippen molar-refractivity contribution in [2.24, 2.45) is 14.1 Å². The average molecular weight is 451 g/mol. The highest BCUT2D eigenvalue weighted by Gasteiger charge is 2.14. The van der Waals surface area contributed by atoms with Crippen molar-refractivity contribution in [2.45, 2.75) is 20.5 Å². The molecule has 0 saturated heterocycles. The number of fused-ring (bicyclic) bond motifs is 1. The van der Waals surface area contributed by atoms with Gasteiger partial charge in [0.2, 0.25) is 11.4 Å². The third-order valence-electron chi connectivity index (χ3n) is 6.09. The first-order valence-corrected chi connectivity index (χ1v) is 11.2. The maximum absolute atomic E-state index is 11.8. The Balaban J connectivity index is 1.41. The molecule has 0 radical (unpaired) electrons. The summed E-state index contributed by atoms with van der Waals surface area (Å²) in [5, 5.41) is 5.63. The molecule has 3 heterocycles. The molecule has 6 nitrogen and oxygen atoms in total. The molecule has 5 aromatic rings. The first kappa shape index (κ1) is 21.6. The van der Waals surface area contributed by atoms with E-state index < -0.39 is 0 Å². The van der Waals surface area contributed by atoms with E-state index in [4.69, 9.17) is 9.72 Å². The van der Waals surface area contributed by atoms with Crippen LogP contribution < -0.4 is 10.3 Å². The number of ether oxygens (including phenoxy) is 1.